The van der Waals surface area contributed by atoms with E-state index in [2.05, 4.69) is 6.92 Å². The average molecular weight is 353 g/mol. The summed E-state index contributed by atoms with van der Waals surface area (Å²) in [4.78, 5) is 12.8. The van der Waals surface area contributed by atoms with Gasteiger partial charge in [-0.1, -0.05) is 19.1 Å². The maximum Gasteiger partial charge on any atom is 0.193 e. The first-order chi connectivity index (χ1) is 11.6. The molecule has 0 aliphatic heterocycles. The molecule has 0 heterocycles. The average Bonchev–Trinajstić information content (AvgIpc) is 2.61. The van der Waals surface area contributed by atoms with Crippen molar-refractivity contribution in [1.29, 1.82) is 0 Å². The SMILES string of the molecule is CCCOc1ccc(PC(=O)c2c(OC)cccc2OC)c(C)c1.[Li]. The first-order valence-electron chi connectivity index (χ1n) is 7.86. The van der Waals surface area contributed by atoms with Crippen LogP contribution in [0.2, 0.25) is 0 Å². The fraction of sp³-hybridized carbons (Fsp3) is 0.316. The third-order valence-electron chi connectivity index (χ3n) is 3.57. The molecule has 0 fully saturated rings. The van der Waals surface area contributed by atoms with Crippen molar-refractivity contribution in [3.8, 4) is 17.2 Å². The summed E-state index contributed by atoms with van der Waals surface area (Å²) in [5.74, 6) is 1.91. The Balaban J connectivity index is 0.00000312. The quantitative estimate of drug-likeness (QED) is 0.538. The van der Waals surface area contributed by atoms with Gasteiger partial charge in [-0.3, -0.25) is 4.79 Å². The van der Waals surface area contributed by atoms with Crippen LogP contribution in [-0.2, 0) is 0 Å². The van der Waals surface area contributed by atoms with Gasteiger partial charge in [0.2, 0.25) is 0 Å². The molecule has 129 valence electrons. The molecule has 0 aliphatic carbocycles. The van der Waals surface area contributed by atoms with Crippen LogP contribution >= 0.6 is 8.58 Å². The minimum Gasteiger partial charge on any atom is -0.496 e. The second kappa shape index (κ2) is 10.5. The molecule has 0 aromatic heterocycles. The minimum absolute atomic E-state index is 0. The van der Waals surface area contributed by atoms with Gasteiger partial charge in [-0.05, 0) is 57.1 Å². The Kier molecular flexibility index (Phi) is 9.07. The topological polar surface area (TPSA) is 44.8 Å². The molecular weight excluding hydrogens is 330 g/mol. The normalized spacial score (nSPS) is 10.4. The molecule has 2 aromatic rings. The number of rotatable bonds is 8. The van der Waals surface area contributed by atoms with Gasteiger partial charge in [0, 0.05) is 18.9 Å². The second-order valence-corrected chi connectivity index (χ2v) is 6.56. The molecular formula is C19H23LiO4P. The van der Waals surface area contributed by atoms with Gasteiger partial charge in [-0.25, -0.2) is 0 Å². The maximum atomic E-state index is 12.8. The van der Waals surface area contributed by atoms with Gasteiger partial charge in [0.1, 0.15) is 22.8 Å². The standard InChI is InChI=1S/C19H23O4P.Li/c1-5-11-23-14-9-10-17(13(2)12-14)24-19(20)18-15(21-3)7-6-8-16(18)22-4;/h6-10,12,24H,5,11H2,1-4H3;. The van der Waals surface area contributed by atoms with E-state index in [9.17, 15) is 4.79 Å². The minimum atomic E-state index is -0.00498. The zero-order chi connectivity index (χ0) is 17.5. The molecule has 0 spiro atoms. The van der Waals surface area contributed by atoms with Gasteiger partial charge in [0.05, 0.1) is 20.8 Å². The van der Waals surface area contributed by atoms with E-state index in [4.69, 9.17) is 14.2 Å². The van der Waals surface area contributed by atoms with Crippen molar-refractivity contribution in [2.45, 2.75) is 20.3 Å². The molecule has 0 bridgehead atoms. The molecule has 1 radical (unpaired) electrons. The zero-order valence-corrected chi connectivity index (χ0v) is 16.5. The molecule has 2 rings (SSSR count). The van der Waals surface area contributed by atoms with Crippen molar-refractivity contribution in [3.05, 3.63) is 47.5 Å². The zero-order valence-electron chi connectivity index (χ0n) is 15.5. The van der Waals surface area contributed by atoms with Gasteiger partial charge in [0.15, 0.2) is 5.52 Å². The summed E-state index contributed by atoms with van der Waals surface area (Å²) in [6.07, 6.45) is 0.967. The van der Waals surface area contributed by atoms with E-state index in [-0.39, 0.29) is 33.0 Å². The van der Waals surface area contributed by atoms with Crippen molar-refractivity contribution in [2.24, 2.45) is 0 Å². The summed E-state index contributed by atoms with van der Waals surface area (Å²) in [5.41, 5.74) is 1.53. The molecule has 0 amide bonds. The van der Waals surface area contributed by atoms with Gasteiger partial charge >= 0.3 is 0 Å². The summed E-state index contributed by atoms with van der Waals surface area (Å²) >= 11 is 0. The maximum absolute atomic E-state index is 12.8. The first-order valence-corrected chi connectivity index (χ1v) is 8.86. The Hall–Kier alpha value is -1.46. The predicted octanol–water partition coefficient (Wildman–Crippen LogP) is 3.56. The molecule has 0 aliphatic rings. The molecule has 1 unspecified atom stereocenters. The second-order valence-electron chi connectivity index (χ2n) is 5.32. The number of hydrogen-bond donors (Lipinski definition) is 0. The van der Waals surface area contributed by atoms with Crippen LogP contribution < -0.4 is 19.5 Å². The number of hydrogen-bond acceptors (Lipinski definition) is 4. The number of methoxy groups -OCH3 is 2. The van der Waals surface area contributed by atoms with E-state index in [1.54, 1.807) is 26.4 Å². The first kappa shape index (κ1) is 21.6. The van der Waals surface area contributed by atoms with Crippen LogP contribution in [0.25, 0.3) is 0 Å². The van der Waals surface area contributed by atoms with Crippen molar-refractivity contribution in [2.75, 3.05) is 20.8 Å². The van der Waals surface area contributed by atoms with Gasteiger partial charge in [0.25, 0.3) is 0 Å². The van der Waals surface area contributed by atoms with Gasteiger partial charge < -0.3 is 14.2 Å². The van der Waals surface area contributed by atoms with Crippen molar-refractivity contribution < 1.29 is 19.0 Å². The molecule has 6 heteroatoms. The van der Waals surface area contributed by atoms with Crippen LogP contribution in [0.1, 0.15) is 29.3 Å². The number of carbonyl (C=O) groups is 1. The van der Waals surface area contributed by atoms with Crippen molar-refractivity contribution >= 4 is 38.3 Å². The van der Waals surface area contributed by atoms with Crippen LogP contribution in [0.5, 0.6) is 17.2 Å². The number of benzene rings is 2. The van der Waals surface area contributed by atoms with Crippen LogP contribution in [0.3, 0.4) is 0 Å². The molecule has 25 heavy (non-hydrogen) atoms. The fourth-order valence-corrected chi connectivity index (χ4v) is 3.40. The molecule has 1 atom stereocenters. The van der Waals surface area contributed by atoms with E-state index < -0.39 is 0 Å². The van der Waals surface area contributed by atoms with Crippen molar-refractivity contribution in [3.63, 3.8) is 0 Å². The van der Waals surface area contributed by atoms with Crippen LogP contribution in [0.4, 0.5) is 0 Å². The van der Waals surface area contributed by atoms with E-state index in [0.717, 1.165) is 23.0 Å². The monoisotopic (exact) mass is 353 g/mol. The molecule has 0 N–H and O–H groups in total. The smallest absolute Gasteiger partial charge is 0.193 e. The summed E-state index contributed by atoms with van der Waals surface area (Å²) in [5, 5.41) is 0.997. The van der Waals surface area contributed by atoms with Crippen molar-refractivity contribution in [1.82, 2.24) is 0 Å². The number of carbonyl (C=O) groups excluding carboxylic acids is 1. The van der Waals surface area contributed by atoms with Crippen LogP contribution in [-0.4, -0.2) is 45.2 Å². The third kappa shape index (κ3) is 5.51. The number of ether oxygens (including phenoxy) is 3. The van der Waals surface area contributed by atoms with E-state index >= 15 is 0 Å². The van der Waals surface area contributed by atoms with Gasteiger partial charge in [-0.2, -0.15) is 0 Å². The molecule has 4 nitrogen and oxygen atoms in total. The molecule has 2 aromatic carbocycles. The number of aryl methyl sites for hydroxylation is 1. The summed E-state index contributed by atoms with van der Waals surface area (Å²) in [6, 6.07) is 11.2. The predicted molar refractivity (Wildman–Crippen MR) is 105 cm³/mol. The Morgan fingerprint density at radius 3 is 2.24 bits per heavy atom. The third-order valence-corrected chi connectivity index (χ3v) is 4.88. The fourth-order valence-electron chi connectivity index (χ4n) is 2.35. The summed E-state index contributed by atoms with van der Waals surface area (Å²) < 4.78 is 16.3. The molecule has 0 saturated heterocycles. The molecule has 0 saturated carbocycles. The Morgan fingerprint density at radius 2 is 1.72 bits per heavy atom. The van der Waals surface area contributed by atoms with Crippen LogP contribution in [0.15, 0.2) is 36.4 Å². The summed E-state index contributed by atoms with van der Waals surface area (Å²) in [7, 11) is 3.11. The van der Waals surface area contributed by atoms with E-state index in [1.165, 1.54) is 0 Å². The Labute approximate surface area is 163 Å². The van der Waals surface area contributed by atoms with E-state index in [1.807, 2.05) is 31.2 Å². The Bertz CT molecular complexity index is 696. The van der Waals surface area contributed by atoms with E-state index in [0.29, 0.717) is 23.7 Å². The van der Waals surface area contributed by atoms with Gasteiger partial charge in [-0.15, -0.1) is 0 Å². The van der Waals surface area contributed by atoms with Crippen LogP contribution in [0, 0.1) is 6.92 Å². The summed E-state index contributed by atoms with van der Waals surface area (Å²) in [6.45, 7) is 4.76. The largest absolute Gasteiger partial charge is 0.496 e. The Morgan fingerprint density at radius 1 is 1.08 bits per heavy atom.